The van der Waals surface area contributed by atoms with E-state index in [2.05, 4.69) is 30.3 Å². The quantitative estimate of drug-likeness (QED) is 0.520. The van der Waals surface area contributed by atoms with E-state index >= 15 is 0 Å². The van der Waals surface area contributed by atoms with Crippen LogP contribution in [-0.2, 0) is 11.3 Å². The highest BCUT2D eigenvalue weighted by molar-refractivity contribution is 5.89. The van der Waals surface area contributed by atoms with Gasteiger partial charge in [0.25, 0.3) is 0 Å². The van der Waals surface area contributed by atoms with Crippen LogP contribution in [-0.4, -0.2) is 63.6 Å². The average molecular weight is 386 g/mol. The molecule has 1 aliphatic rings. The Bertz CT molecular complexity index is 745. The number of aliphatic hydroxyl groups excluding tert-OH is 1. The van der Waals surface area contributed by atoms with Crippen molar-refractivity contribution >= 4 is 5.97 Å². The summed E-state index contributed by atoms with van der Waals surface area (Å²) in [5.41, 5.74) is 1.82. The lowest BCUT2D eigenvalue weighted by atomic mass is 10.2. The molecule has 3 rings (SSSR count). The van der Waals surface area contributed by atoms with Gasteiger partial charge in [0.1, 0.15) is 57.7 Å². The standard InChI is InChI=1S/C22H28N2O4/c1-27-22(26)19-8-5-9-21(14-19)28-17-20(25)16-24-12-10-23(11-13-24)15-18-6-3-2-4-7-18/h2-9,14,20,25H,10-13,15-17H2,1H3/p+2/t20-/m0/s1. The number of rotatable bonds is 8. The molecule has 1 atom stereocenters. The molecule has 1 saturated heterocycles. The third-order valence-electron chi connectivity index (χ3n) is 5.18. The number of hydrogen-bond acceptors (Lipinski definition) is 4. The summed E-state index contributed by atoms with van der Waals surface area (Å²) < 4.78 is 10.4. The third-order valence-corrected chi connectivity index (χ3v) is 5.18. The van der Waals surface area contributed by atoms with E-state index in [0.717, 1.165) is 32.7 Å². The van der Waals surface area contributed by atoms with Crippen molar-refractivity contribution in [3.63, 3.8) is 0 Å². The number of piperazine rings is 1. The van der Waals surface area contributed by atoms with E-state index in [9.17, 15) is 9.90 Å². The zero-order valence-electron chi connectivity index (χ0n) is 16.4. The summed E-state index contributed by atoms with van der Waals surface area (Å²) in [6, 6.07) is 17.4. The molecule has 0 radical (unpaired) electrons. The zero-order chi connectivity index (χ0) is 19.8. The van der Waals surface area contributed by atoms with Gasteiger partial charge in [0.15, 0.2) is 0 Å². The Balaban J connectivity index is 1.39. The number of esters is 1. The first-order chi connectivity index (χ1) is 13.6. The van der Waals surface area contributed by atoms with Gasteiger partial charge in [0.05, 0.1) is 12.7 Å². The van der Waals surface area contributed by atoms with E-state index in [1.807, 2.05) is 0 Å². The lowest BCUT2D eigenvalue weighted by Gasteiger charge is -2.30. The molecule has 0 saturated carbocycles. The maximum absolute atomic E-state index is 11.6. The van der Waals surface area contributed by atoms with Crippen LogP contribution in [0, 0.1) is 0 Å². The van der Waals surface area contributed by atoms with Crippen molar-refractivity contribution in [3.05, 3.63) is 65.7 Å². The number of quaternary nitrogens is 2. The van der Waals surface area contributed by atoms with Crippen molar-refractivity contribution in [1.29, 1.82) is 0 Å². The lowest BCUT2D eigenvalue weighted by molar-refractivity contribution is -1.02. The summed E-state index contributed by atoms with van der Waals surface area (Å²) in [4.78, 5) is 14.6. The molecular weight excluding hydrogens is 356 g/mol. The Hall–Kier alpha value is -2.41. The SMILES string of the molecule is COC(=O)c1cccc(OC[C@@H](O)C[NH+]2CC[NH+](Cc3ccccc3)CC2)c1. The van der Waals surface area contributed by atoms with Gasteiger partial charge in [-0.2, -0.15) is 0 Å². The van der Waals surface area contributed by atoms with Gasteiger partial charge >= 0.3 is 5.97 Å². The van der Waals surface area contributed by atoms with Crippen molar-refractivity contribution in [1.82, 2.24) is 0 Å². The van der Waals surface area contributed by atoms with Crippen LogP contribution in [0.15, 0.2) is 54.6 Å². The van der Waals surface area contributed by atoms with Crippen molar-refractivity contribution < 1.29 is 29.2 Å². The third kappa shape index (κ3) is 6.05. The molecule has 0 unspecified atom stereocenters. The van der Waals surface area contributed by atoms with Gasteiger partial charge in [-0.05, 0) is 18.2 Å². The van der Waals surface area contributed by atoms with Gasteiger partial charge in [-0.25, -0.2) is 4.79 Å². The molecule has 0 aliphatic carbocycles. The molecule has 0 aromatic heterocycles. The molecule has 150 valence electrons. The smallest absolute Gasteiger partial charge is 0.337 e. The molecule has 6 heteroatoms. The van der Waals surface area contributed by atoms with E-state index in [1.165, 1.54) is 17.6 Å². The number of carbonyl (C=O) groups is 1. The molecular formula is C22H30N2O4+2. The van der Waals surface area contributed by atoms with Gasteiger partial charge in [0.2, 0.25) is 0 Å². The monoisotopic (exact) mass is 386 g/mol. The highest BCUT2D eigenvalue weighted by atomic mass is 16.5. The fourth-order valence-corrected chi connectivity index (χ4v) is 3.64. The van der Waals surface area contributed by atoms with E-state index in [4.69, 9.17) is 9.47 Å². The van der Waals surface area contributed by atoms with E-state index < -0.39 is 12.1 Å². The Morgan fingerprint density at radius 1 is 1.04 bits per heavy atom. The largest absolute Gasteiger partial charge is 0.491 e. The fourth-order valence-electron chi connectivity index (χ4n) is 3.64. The molecule has 0 spiro atoms. The Morgan fingerprint density at radius 3 is 2.46 bits per heavy atom. The lowest BCUT2D eigenvalue weighted by Crippen LogP contribution is -3.28. The predicted molar refractivity (Wildman–Crippen MR) is 106 cm³/mol. The molecule has 0 amide bonds. The number of benzene rings is 2. The first-order valence-corrected chi connectivity index (χ1v) is 9.84. The van der Waals surface area contributed by atoms with Crippen LogP contribution in [0.1, 0.15) is 15.9 Å². The van der Waals surface area contributed by atoms with E-state index in [0.29, 0.717) is 17.9 Å². The summed E-state index contributed by atoms with van der Waals surface area (Å²) >= 11 is 0. The topological polar surface area (TPSA) is 64.6 Å². The summed E-state index contributed by atoms with van der Waals surface area (Å²) in [5, 5.41) is 10.3. The van der Waals surface area contributed by atoms with Crippen LogP contribution < -0.4 is 14.5 Å². The number of nitrogens with one attached hydrogen (secondary N) is 2. The Kier molecular flexibility index (Phi) is 7.42. The molecule has 1 fully saturated rings. The summed E-state index contributed by atoms with van der Waals surface area (Å²) in [6.07, 6.45) is -0.535. The first-order valence-electron chi connectivity index (χ1n) is 9.84. The molecule has 1 aliphatic heterocycles. The minimum Gasteiger partial charge on any atom is -0.491 e. The molecule has 28 heavy (non-hydrogen) atoms. The number of aliphatic hydroxyl groups is 1. The minimum absolute atomic E-state index is 0.217. The molecule has 2 aromatic carbocycles. The fraction of sp³-hybridized carbons (Fsp3) is 0.409. The molecule has 6 nitrogen and oxygen atoms in total. The second-order valence-corrected chi connectivity index (χ2v) is 7.35. The van der Waals surface area contributed by atoms with Crippen LogP contribution in [0.3, 0.4) is 0 Å². The predicted octanol–water partition coefficient (Wildman–Crippen LogP) is -0.803. The number of hydrogen-bond donors (Lipinski definition) is 3. The molecule has 0 bridgehead atoms. The van der Waals surface area contributed by atoms with Crippen LogP contribution in [0.25, 0.3) is 0 Å². The van der Waals surface area contributed by atoms with Crippen molar-refractivity contribution in [2.24, 2.45) is 0 Å². The van der Waals surface area contributed by atoms with Crippen LogP contribution >= 0.6 is 0 Å². The second kappa shape index (κ2) is 10.2. The molecule has 3 N–H and O–H groups in total. The summed E-state index contributed by atoms with van der Waals surface area (Å²) in [7, 11) is 1.35. The van der Waals surface area contributed by atoms with Crippen LogP contribution in [0.4, 0.5) is 0 Å². The Labute approximate surface area is 166 Å². The van der Waals surface area contributed by atoms with E-state index in [-0.39, 0.29) is 6.61 Å². The maximum atomic E-state index is 11.6. The number of methoxy groups -OCH3 is 1. The molecule has 2 aromatic rings. The van der Waals surface area contributed by atoms with Crippen molar-refractivity contribution in [2.75, 3.05) is 46.4 Å². The van der Waals surface area contributed by atoms with Gasteiger partial charge < -0.3 is 24.4 Å². The van der Waals surface area contributed by atoms with Gasteiger partial charge in [0, 0.05) is 5.56 Å². The first kappa shape index (κ1) is 20.3. The van der Waals surface area contributed by atoms with Crippen LogP contribution in [0.5, 0.6) is 5.75 Å². The minimum atomic E-state index is -0.535. The van der Waals surface area contributed by atoms with Crippen molar-refractivity contribution in [2.45, 2.75) is 12.6 Å². The highest BCUT2D eigenvalue weighted by Gasteiger charge is 2.25. The maximum Gasteiger partial charge on any atom is 0.337 e. The average Bonchev–Trinajstić information content (AvgIpc) is 2.74. The second-order valence-electron chi connectivity index (χ2n) is 7.35. The summed E-state index contributed by atoms with van der Waals surface area (Å²) in [5.74, 6) is 0.167. The van der Waals surface area contributed by atoms with Crippen LogP contribution in [0.2, 0.25) is 0 Å². The van der Waals surface area contributed by atoms with Gasteiger partial charge in [-0.3, -0.25) is 0 Å². The normalized spacial score (nSPS) is 20.4. The number of carbonyl (C=O) groups excluding carboxylic acids is 1. The van der Waals surface area contributed by atoms with Gasteiger partial charge in [-0.1, -0.05) is 36.4 Å². The van der Waals surface area contributed by atoms with Gasteiger partial charge in [-0.15, -0.1) is 0 Å². The highest BCUT2D eigenvalue weighted by Crippen LogP contribution is 2.14. The zero-order valence-corrected chi connectivity index (χ0v) is 16.4. The molecule has 1 heterocycles. The number of ether oxygens (including phenoxy) is 2. The Morgan fingerprint density at radius 2 is 1.75 bits per heavy atom. The van der Waals surface area contributed by atoms with Crippen molar-refractivity contribution in [3.8, 4) is 5.75 Å². The summed E-state index contributed by atoms with van der Waals surface area (Å²) in [6.45, 7) is 6.28. The van der Waals surface area contributed by atoms with E-state index in [1.54, 1.807) is 29.2 Å².